The fraction of sp³-hybridized carbons (Fsp3) is 0.400. The smallest absolute Gasteiger partial charge is 0.149 e. The Hall–Kier alpha value is -1.07. The Balaban J connectivity index is 2.46. The molecule has 0 saturated heterocycles. The largest absolute Gasteiger partial charge is 0.156 e. The van der Waals surface area contributed by atoms with Gasteiger partial charge in [0.1, 0.15) is 10.0 Å². The first kappa shape index (κ1) is 11.4. The average Bonchev–Trinajstić information content (AvgIpc) is 2.70. The normalized spacial score (nSPS) is 12.8. The SMILES string of the molecule is Cc1cc(-c2nnc(C(C)Cl)s2)c(C)nn1. The minimum atomic E-state index is -0.109. The highest BCUT2D eigenvalue weighted by Crippen LogP contribution is 2.30. The molecule has 2 heterocycles. The molecule has 84 valence electrons. The van der Waals surface area contributed by atoms with Crippen molar-refractivity contribution in [2.45, 2.75) is 26.1 Å². The van der Waals surface area contributed by atoms with Crippen LogP contribution in [0.25, 0.3) is 10.6 Å². The first-order chi connectivity index (χ1) is 7.58. The molecule has 4 nitrogen and oxygen atoms in total. The molecular formula is C10H11ClN4S. The van der Waals surface area contributed by atoms with Crippen molar-refractivity contribution in [3.8, 4) is 10.6 Å². The van der Waals surface area contributed by atoms with E-state index in [2.05, 4.69) is 20.4 Å². The zero-order valence-corrected chi connectivity index (χ0v) is 10.8. The van der Waals surface area contributed by atoms with Crippen molar-refractivity contribution in [2.24, 2.45) is 0 Å². The molecule has 6 heteroatoms. The molecule has 2 aromatic heterocycles. The van der Waals surface area contributed by atoms with Crippen molar-refractivity contribution >= 4 is 22.9 Å². The van der Waals surface area contributed by atoms with Crippen molar-refractivity contribution in [3.63, 3.8) is 0 Å². The molecule has 0 aromatic carbocycles. The van der Waals surface area contributed by atoms with Gasteiger partial charge in [-0.15, -0.1) is 21.8 Å². The maximum atomic E-state index is 5.95. The molecule has 2 aromatic rings. The molecule has 1 unspecified atom stereocenters. The Morgan fingerprint density at radius 2 is 1.94 bits per heavy atom. The van der Waals surface area contributed by atoms with Crippen LogP contribution in [-0.4, -0.2) is 20.4 Å². The number of hydrogen-bond acceptors (Lipinski definition) is 5. The zero-order chi connectivity index (χ0) is 11.7. The van der Waals surface area contributed by atoms with Gasteiger partial charge in [0.2, 0.25) is 0 Å². The summed E-state index contributed by atoms with van der Waals surface area (Å²) in [5.41, 5.74) is 2.71. The van der Waals surface area contributed by atoms with Crippen LogP contribution in [0.15, 0.2) is 6.07 Å². The van der Waals surface area contributed by atoms with E-state index in [9.17, 15) is 0 Å². The molecule has 0 spiro atoms. The van der Waals surface area contributed by atoms with Crippen LogP contribution in [0.4, 0.5) is 0 Å². The molecule has 0 fully saturated rings. The molecule has 1 atom stereocenters. The first-order valence-corrected chi connectivity index (χ1v) is 6.12. The fourth-order valence-electron chi connectivity index (χ4n) is 1.27. The molecular weight excluding hydrogens is 244 g/mol. The van der Waals surface area contributed by atoms with Gasteiger partial charge in [0.25, 0.3) is 0 Å². The van der Waals surface area contributed by atoms with E-state index < -0.39 is 0 Å². The maximum absolute atomic E-state index is 5.95. The summed E-state index contributed by atoms with van der Waals surface area (Å²) in [4.78, 5) is 0. The average molecular weight is 255 g/mol. The Morgan fingerprint density at radius 3 is 2.56 bits per heavy atom. The van der Waals surface area contributed by atoms with E-state index in [0.717, 1.165) is 27.0 Å². The predicted molar refractivity (Wildman–Crippen MR) is 64.7 cm³/mol. The lowest BCUT2D eigenvalue weighted by Gasteiger charge is -2.00. The Bertz CT molecular complexity index is 509. The molecule has 0 bridgehead atoms. The number of nitrogens with zero attached hydrogens (tertiary/aromatic N) is 4. The van der Waals surface area contributed by atoms with Crippen LogP contribution < -0.4 is 0 Å². The van der Waals surface area contributed by atoms with Crippen molar-refractivity contribution in [2.75, 3.05) is 0 Å². The predicted octanol–water partition coefficient (Wildman–Crippen LogP) is 2.91. The minimum absolute atomic E-state index is 0.109. The quantitative estimate of drug-likeness (QED) is 0.774. The third kappa shape index (κ3) is 2.20. The van der Waals surface area contributed by atoms with Crippen LogP contribution in [0.2, 0.25) is 0 Å². The van der Waals surface area contributed by atoms with Crippen LogP contribution in [0.5, 0.6) is 0 Å². The highest BCUT2D eigenvalue weighted by atomic mass is 35.5. The van der Waals surface area contributed by atoms with Crippen LogP contribution in [-0.2, 0) is 0 Å². The van der Waals surface area contributed by atoms with Crippen LogP contribution in [0.1, 0.15) is 28.7 Å². The van der Waals surface area contributed by atoms with Gasteiger partial charge in [0.05, 0.1) is 16.8 Å². The van der Waals surface area contributed by atoms with E-state index in [4.69, 9.17) is 11.6 Å². The molecule has 0 saturated carbocycles. The second-order valence-corrected chi connectivity index (χ2v) is 5.21. The van der Waals surface area contributed by atoms with Gasteiger partial charge < -0.3 is 0 Å². The monoisotopic (exact) mass is 254 g/mol. The number of alkyl halides is 1. The van der Waals surface area contributed by atoms with E-state index in [1.807, 2.05) is 26.8 Å². The lowest BCUT2D eigenvalue weighted by atomic mass is 10.2. The standard InChI is InChI=1S/C10H11ClN4S/c1-5-4-8(7(3)13-12-5)10-15-14-9(16-10)6(2)11/h4,6H,1-3H3. The van der Waals surface area contributed by atoms with Crippen LogP contribution >= 0.6 is 22.9 Å². The Morgan fingerprint density at radius 1 is 1.19 bits per heavy atom. The molecule has 0 aliphatic heterocycles. The van der Waals surface area contributed by atoms with E-state index >= 15 is 0 Å². The van der Waals surface area contributed by atoms with Crippen LogP contribution in [0.3, 0.4) is 0 Å². The first-order valence-electron chi connectivity index (χ1n) is 4.86. The zero-order valence-electron chi connectivity index (χ0n) is 9.23. The van der Waals surface area contributed by atoms with Gasteiger partial charge >= 0.3 is 0 Å². The molecule has 0 amide bonds. The number of aryl methyl sites for hydroxylation is 2. The van der Waals surface area contributed by atoms with Crippen LogP contribution in [0, 0.1) is 13.8 Å². The molecule has 0 aliphatic carbocycles. The molecule has 0 radical (unpaired) electrons. The topological polar surface area (TPSA) is 51.6 Å². The van der Waals surface area contributed by atoms with E-state index in [1.54, 1.807) is 0 Å². The molecule has 2 rings (SSSR count). The van der Waals surface area contributed by atoms with Gasteiger partial charge in [-0.3, -0.25) is 0 Å². The van der Waals surface area contributed by atoms with Gasteiger partial charge in [0.15, 0.2) is 0 Å². The fourth-order valence-corrected chi connectivity index (χ4v) is 2.29. The summed E-state index contributed by atoms with van der Waals surface area (Å²) in [7, 11) is 0. The van der Waals surface area contributed by atoms with Gasteiger partial charge in [-0.05, 0) is 26.8 Å². The van der Waals surface area contributed by atoms with Gasteiger partial charge in [-0.2, -0.15) is 10.2 Å². The van der Waals surface area contributed by atoms with E-state index in [0.29, 0.717) is 0 Å². The van der Waals surface area contributed by atoms with E-state index in [-0.39, 0.29) is 5.38 Å². The summed E-state index contributed by atoms with van der Waals surface area (Å²) >= 11 is 7.45. The number of aromatic nitrogens is 4. The molecule has 0 aliphatic rings. The van der Waals surface area contributed by atoms with Crippen molar-refractivity contribution < 1.29 is 0 Å². The Labute approximate surface area is 103 Å². The van der Waals surface area contributed by atoms with Gasteiger partial charge in [-0.25, -0.2) is 0 Å². The second-order valence-electron chi connectivity index (χ2n) is 3.55. The number of rotatable bonds is 2. The highest BCUT2D eigenvalue weighted by molar-refractivity contribution is 7.15. The maximum Gasteiger partial charge on any atom is 0.149 e. The third-order valence-electron chi connectivity index (χ3n) is 2.11. The summed E-state index contributed by atoms with van der Waals surface area (Å²) in [6.07, 6.45) is 0. The number of halogens is 1. The summed E-state index contributed by atoms with van der Waals surface area (Å²) < 4.78 is 0. The summed E-state index contributed by atoms with van der Waals surface area (Å²) in [5, 5.41) is 17.8. The Kier molecular flexibility index (Phi) is 3.16. The van der Waals surface area contributed by atoms with Gasteiger partial charge in [-0.1, -0.05) is 11.3 Å². The van der Waals surface area contributed by atoms with E-state index in [1.165, 1.54) is 11.3 Å². The summed E-state index contributed by atoms with van der Waals surface area (Å²) in [5.74, 6) is 0. The van der Waals surface area contributed by atoms with Crippen molar-refractivity contribution in [1.29, 1.82) is 0 Å². The second kappa shape index (κ2) is 4.43. The minimum Gasteiger partial charge on any atom is -0.156 e. The summed E-state index contributed by atoms with van der Waals surface area (Å²) in [6, 6.07) is 1.96. The van der Waals surface area contributed by atoms with Crippen molar-refractivity contribution in [1.82, 2.24) is 20.4 Å². The van der Waals surface area contributed by atoms with Crippen molar-refractivity contribution in [3.05, 3.63) is 22.5 Å². The lowest BCUT2D eigenvalue weighted by Crippen LogP contribution is -1.93. The lowest BCUT2D eigenvalue weighted by molar-refractivity contribution is 0.934. The molecule has 16 heavy (non-hydrogen) atoms. The summed E-state index contributed by atoms with van der Waals surface area (Å²) in [6.45, 7) is 5.70. The third-order valence-corrected chi connectivity index (χ3v) is 3.59. The number of hydrogen-bond donors (Lipinski definition) is 0. The highest BCUT2D eigenvalue weighted by Gasteiger charge is 2.13. The molecule has 0 N–H and O–H groups in total. The van der Waals surface area contributed by atoms with Gasteiger partial charge in [0, 0.05) is 5.56 Å².